The molecule has 8 heteroatoms. The van der Waals surface area contributed by atoms with Gasteiger partial charge in [0.25, 0.3) is 0 Å². The number of carbonyl (C=O) groups excluding carboxylic acids is 1. The Morgan fingerprint density at radius 1 is 1.27 bits per heavy atom. The van der Waals surface area contributed by atoms with E-state index in [1.807, 2.05) is 48.0 Å². The van der Waals surface area contributed by atoms with E-state index in [2.05, 4.69) is 20.8 Å². The number of hydrogen-bond acceptors (Lipinski definition) is 6. The van der Waals surface area contributed by atoms with E-state index in [9.17, 15) is 15.0 Å². The second-order valence-electron chi connectivity index (χ2n) is 8.23. The van der Waals surface area contributed by atoms with Crippen molar-refractivity contribution in [2.24, 2.45) is 7.05 Å². The summed E-state index contributed by atoms with van der Waals surface area (Å²) in [6.45, 7) is 3.49. The molecule has 2 N–H and O–H groups in total. The van der Waals surface area contributed by atoms with Crippen LogP contribution in [-0.2, 0) is 24.9 Å². The third-order valence-electron chi connectivity index (χ3n) is 6.31. The number of carbonyl (C=O) groups is 1. The van der Waals surface area contributed by atoms with Gasteiger partial charge in [-0.05, 0) is 60.4 Å². The number of para-hydroxylation sites is 1. The van der Waals surface area contributed by atoms with E-state index in [-0.39, 0.29) is 31.6 Å². The molecule has 4 rings (SSSR count). The summed E-state index contributed by atoms with van der Waals surface area (Å²) in [5.74, 6) is 0.348. The van der Waals surface area contributed by atoms with Crippen LogP contribution in [0.3, 0.4) is 0 Å². The highest BCUT2D eigenvalue weighted by atomic mass is 79.9. The molecule has 1 aliphatic heterocycles. The summed E-state index contributed by atoms with van der Waals surface area (Å²) in [5.41, 5.74) is 2.52. The van der Waals surface area contributed by atoms with Crippen LogP contribution in [-0.4, -0.2) is 51.4 Å². The van der Waals surface area contributed by atoms with Gasteiger partial charge in [0.15, 0.2) is 0 Å². The minimum absolute atomic E-state index is 0.0362. The summed E-state index contributed by atoms with van der Waals surface area (Å²) in [4.78, 5) is 15.3. The summed E-state index contributed by atoms with van der Waals surface area (Å²) >= 11 is 3.48. The lowest BCUT2D eigenvalue weighted by molar-refractivity contribution is 0.0525. The molecule has 0 spiro atoms. The van der Waals surface area contributed by atoms with Crippen molar-refractivity contribution in [3.63, 3.8) is 0 Å². The number of aliphatic hydroxyl groups is 1. The number of aromatic hydroxyl groups is 1. The van der Waals surface area contributed by atoms with Crippen LogP contribution in [0.5, 0.6) is 11.5 Å². The number of likely N-dealkylation sites (tertiary alicyclic amines) is 1. The second-order valence-corrected chi connectivity index (χ2v) is 9.09. The zero-order valence-corrected chi connectivity index (χ0v) is 20.5. The van der Waals surface area contributed by atoms with Crippen molar-refractivity contribution in [2.45, 2.75) is 39.0 Å². The van der Waals surface area contributed by atoms with E-state index in [1.165, 1.54) is 0 Å². The van der Waals surface area contributed by atoms with Crippen molar-refractivity contribution in [1.82, 2.24) is 9.47 Å². The molecule has 0 unspecified atom stereocenters. The lowest BCUT2D eigenvalue weighted by Crippen LogP contribution is -2.31. The Kier molecular flexibility index (Phi) is 7.26. The number of aliphatic hydroxyl groups excluding tert-OH is 1. The first kappa shape index (κ1) is 23.6. The predicted octanol–water partition coefficient (Wildman–Crippen LogP) is 4.36. The fourth-order valence-electron chi connectivity index (χ4n) is 4.61. The molecule has 1 aliphatic rings. The van der Waals surface area contributed by atoms with Crippen LogP contribution in [0.4, 0.5) is 0 Å². The fourth-order valence-corrected chi connectivity index (χ4v) is 5.06. The number of ether oxygens (including phenoxy) is 2. The van der Waals surface area contributed by atoms with Gasteiger partial charge in [0, 0.05) is 30.6 Å². The smallest absolute Gasteiger partial charge is 0.340 e. The molecule has 0 saturated carbocycles. The van der Waals surface area contributed by atoms with Gasteiger partial charge in [-0.3, -0.25) is 4.90 Å². The van der Waals surface area contributed by atoms with Crippen molar-refractivity contribution in [3.05, 3.63) is 57.7 Å². The number of aromatic nitrogens is 1. The van der Waals surface area contributed by atoms with E-state index in [4.69, 9.17) is 9.47 Å². The summed E-state index contributed by atoms with van der Waals surface area (Å²) in [6.07, 6.45) is 1.89. The molecule has 0 amide bonds. The molecule has 2 aromatic carbocycles. The van der Waals surface area contributed by atoms with Gasteiger partial charge in [0.2, 0.25) is 0 Å². The number of rotatable bonds is 8. The number of nitrogens with zero attached hydrogens (tertiary/aromatic N) is 2. The number of aryl methyl sites for hydroxylation is 1. The standard InChI is InChI=1S/C25H29BrN2O5/c1-3-32-25(31)23-21(15-33-17-9-5-4-6-10-17)27(2)20-12-19(26)24(30)18(22(20)23)13-28-11-7-8-16(28)14-29/h4-6,9-10,12,16,29-30H,3,7-8,11,13-15H2,1-2H3/t16-/m0/s1. The minimum atomic E-state index is -0.446. The molecule has 0 aliphatic carbocycles. The molecule has 3 aromatic rings. The van der Waals surface area contributed by atoms with E-state index in [0.717, 1.165) is 24.9 Å². The van der Waals surface area contributed by atoms with Crippen LogP contribution in [0.2, 0.25) is 0 Å². The molecule has 7 nitrogen and oxygen atoms in total. The SMILES string of the molecule is CCOC(=O)c1c(COc2ccccc2)n(C)c2cc(Br)c(O)c(CN3CCC[C@H]3CO)c12. The zero-order valence-electron chi connectivity index (χ0n) is 18.9. The topological polar surface area (TPSA) is 84.2 Å². The first-order valence-corrected chi connectivity index (χ1v) is 12.0. The molecule has 2 heterocycles. The highest BCUT2D eigenvalue weighted by molar-refractivity contribution is 9.10. The Bertz CT molecular complexity index is 1150. The quantitative estimate of drug-likeness (QED) is 0.432. The van der Waals surface area contributed by atoms with Crippen LogP contribution in [0.15, 0.2) is 40.9 Å². The van der Waals surface area contributed by atoms with Gasteiger partial charge in [0.1, 0.15) is 18.1 Å². The van der Waals surface area contributed by atoms with Crippen LogP contribution >= 0.6 is 15.9 Å². The Morgan fingerprint density at radius 3 is 2.73 bits per heavy atom. The van der Waals surface area contributed by atoms with Crippen molar-refractivity contribution < 1.29 is 24.5 Å². The van der Waals surface area contributed by atoms with Gasteiger partial charge in [0.05, 0.1) is 34.5 Å². The van der Waals surface area contributed by atoms with Crippen LogP contribution in [0.25, 0.3) is 10.9 Å². The first-order valence-electron chi connectivity index (χ1n) is 11.2. The maximum atomic E-state index is 13.2. The Morgan fingerprint density at radius 2 is 2.03 bits per heavy atom. The van der Waals surface area contributed by atoms with Crippen molar-refractivity contribution in [2.75, 3.05) is 19.8 Å². The van der Waals surface area contributed by atoms with E-state index in [0.29, 0.717) is 39.0 Å². The van der Waals surface area contributed by atoms with Gasteiger partial charge in [-0.15, -0.1) is 0 Å². The summed E-state index contributed by atoms with van der Waals surface area (Å²) in [7, 11) is 1.88. The van der Waals surface area contributed by atoms with Gasteiger partial charge in [-0.2, -0.15) is 0 Å². The van der Waals surface area contributed by atoms with Gasteiger partial charge >= 0.3 is 5.97 Å². The molecule has 0 radical (unpaired) electrons. The average Bonchev–Trinajstić information content (AvgIpc) is 3.38. The summed E-state index contributed by atoms with van der Waals surface area (Å²) < 4.78 is 13.9. The first-order chi connectivity index (χ1) is 16.0. The van der Waals surface area contributed by atoms with Crippen LogP contribution in [0.1, 0.15) is 41.4 Å². The van der Waals surface area contributed by atoms with Crippen LogP contribution in [0, 0.1) is 0 Å². The summed E-state index contributed by atoms with van der Waals surface area (Å²) in [5, 5.41) is 21.5. The largest absolute Gasteiger partial charge is 0.506 e. The average molecular weight is 517 g/mol. The predicted molar refractivity (Wildman–Crippen MR) is 130 cm³/mol. The van der Waals surface area contributed by atoms with Crippen molar-refractivity contribution in [3.8, 4) is 11.5 Å². The molecule has 1 aromatic heterocycles. The fraction of sp³-hybridized carbons (Fsp3) is 0.400. The lowest BCUT2D eigenvalue weighted by Gasteiger charge is -2.24. The van der Waals surface area contributed by atoms with E-state index < -0.39 is 5.97 Å². The normalized spacial score (nSPS) is 16.4. The number of fused-ring (bicyclic) bond motifs is 1. The molecule has 33 heavy (non-hydrogen) atoms. The third kappa shape index (κ3) is 4.60. The number of hydrogen-bond donors (Lipinski definition) is 2. The zero-order chi connectivity index (χ0) is 23.5. The molecule has 0 bridgehead atoms. The molecular weight excluding hydrogens is 488 g/mol. The second kappa shape index (κ2) is 10.2. The van der Waals surface area contributed by atoms with E-state index in [1.54, 1.807) is 6.92 Å². The Balaban J connectivity index is 1.86. The third-order valence-corrected chi connectivity index (χ3v) is 6.91. The highest BCUT2D eigenvalue weighted by Crippen LogP contribution is 2.41. The van der Waals surface area contributed by atoms with Crippen LogP contribution < -0.4 is 4.74 Å². The maximum absolute atomic E-state index is 13.2. The number of benzene rings is 2. The Hall–Kier alpha value is -2.55. The molecular formula is C25H29BrN2O5. The van der Waals surface area contributed by atoms with Crippen molar-refractivity contribution >= 4 is 32.8 Å². The molecule has 1 atom stereocenters. The highest BCUT2D eigenvalue weighted by Gasteiger charge is 2.30. The maximum Gasteiger partial charge on any atom is 0.340 e. The van der Waals surface area contributed by atoms with E-state index >= 15 is 0 Å². The lowest BCUT2D eigenvalue weighted by atomic mass is 10.0. The monoisotopic (exact) mass is 516 g/mol. The minimum Gasteiger partial charge on any atom is -0.506 e. The number of phenols is 1. The van der Waals surface area contributed by atoms with Gasteiger partial charge in [-0.25, -0.2) is 4.79 Å². The molecule has 1 fully saturated rings. The number of esters is 1. The molecule has 1 saturated heterocycles. The summed E-state index contributed by atoms with van der Waals surface area (Å²) in [6, 6.07) is 11.3. The molecule has 176 valence electrons. The van der Waals surface area contributed by atoms with Gasteiger partial charge < -0.3 is 24.3 Å². The van der Waals surface area contributed by atoms with Crippen molar-refractivity contribution in [1.29, 1.82) is 0 Å². The van der Waals surface area contributed by atoms with Gasteiger partial charge in [-0.1, -0.05) is 18.2 Å². The number of phenolic OH excluding ortho intramolecular Hbond substituents is 1. The Labute approximate surface area is 201 Å². The number of halogens is 1.